The van der Waals surface area contributed by atoms with Crippen LogP contribution in [-0.4, -0.2) is 22.0 Å². The topological polar surface area (TPSA) is 77.4 Å². The van der Waals surface area contributed by atoms with Gasteiger partial charge in [-0.25, -0.2) is 4.98 Å². The van der Waals surface area contributed by atoms with Crippen LogP contribution in [0.15, 0.2) is 36.8 Å². The third-order valence-electron chi connectivity index (χ3n) is 3.02. The number of pyridine rings is 2. The molecule has 0 amide bonds. The molecule has 0 aliphatic rings. The van der Waals surface area contributed by atoms with E-state index in [2.05, 4.69) is 26.3 Å². The monoisotopic (exact) mass is 249 g/mol. The summed E-state index contributed by atoms with van der Waals surface area (Å²) in [5.41, 5.74) is 3.71. The Morgan fingerprint density at radius 2 is 2.21 bits per heavy atom. The summed E-state index contributed by atoms with van der Waals surface area (Å²) in [7, 11) is 1.84. The fourth-order valence-corrected chi connectivity index (χ4v) is 2.15. The van der Waals surface area contributed by atoms with E-state index in [1.54, 1.807) is 12.4 Å². The number of nitriles is 1. The third kappa shape index (κ3) is 1.70. The molecule has 0 saturated carbocycles. The van der Waals surface area contributed by atoms with Crippen molar-refractivity contribution in [3.8, 4) is 17.3 Å². The first kappa shape index (κ1) is 11.2. The van der Waals surface area contributed by atoms with Gasteiger partial charge in [-0.15, -0.1) is 0 Å². The van der Waals surface area contributed by atoms with Crippen LogP contribution in [0.4, 0.5) is 5.69 Å². The van der Waals surface area contributed by atoms with E-state index < -0.39 is 0 Å². The summed E-state index contributed by atoms with van der Waals surface area (Å²) >= 11 is 0. The second-order valence-corrected chi connectivity index (χ2v) is 4.05. The number of hydrogen-bond acceptors (Lipinski definition) is 4. The molecule has 0 aliphatic carbocycles. The summed E-state index contributed by atoms with van der Waals surface area (Å²) in [6.45, 7) is 0. The molecule has 0 aromatic carbocycles. The molecule has 0 unspecified atom stereocenters. The van der Waals surface area contributed by atoms with Gasteiger partial charge in [0.25, 0.3) is 0 Å². The Morgan fingerprint density at radius 3 is 3.00 bits per heavy atom. The molecule has 92 valence electrons. The molecule has 3 heterocycles. The molecule has 2 N–H and O–H groups in total. The zero-order valence-corrected chi connectivity index (χ0v) is 10.3. The van der Waals surface area contributed by atoms with Crippen molar-refractivity contribution in [3.63, 3.8) is 0 Å². The minimum absolute atomic E-state index is 0.516. The van der Waals surface area contributed by atoms with Gasteiger partial charge in [-0.3, -0.25) is 4.98 Å². The van der Waals surface area contributed by atoms with Gasteiger partial charge in [-0.2, -0.15) is 5.26 Å². The molecular formula is C14H11N5. The molecule has 0 saturated heterocycles. The molecule has 0 bridgehead atoms. The second kappa shape index (κ2) is 4.42. The van der Waals surface area contributed by atoms with E-state index in [1.165, 1.54) is 0 Å². The number of aromatic nitrogens is 3. The predicted molar refractivity (Wildman–Crippen MR) is 73.6 cm³/mol. The third-order valence-corrected chi connectivity index (χ3v) is 3.02. The van der Waals surface area contributed by atoms with Gasteiger partial charge in [-0.05, 0) is 18.2 Å². The lowest BCUT2D eigenvalue weighted by atomic mass is 10.0. The summed E-state index contributed by atoms with van der Waals surface area (Å²) < 4.78 is 0. The standard InChI is InChI=1S/C14H11N5/c1-16-11-3-2-5-17-13(11)12-9(7-15)8-19-14-10(12)4-6-18-14/h2-6,8,16H,1H3,(H,18,19). The number of H-pyrrole nitrogens is 1. The van der Waals surface area contributed by atoms with Crippen molar-refractivity contribution in [3.05, 3.63) is 42.4 Å². The SMILES string of the molecule is CNc1cccnc1-c1c(C#N)cnc2[nH]ccc12. The van der Waals surface area contributed by atoms with Gasteiger partial charge in [0.2, 0.25) is 0 Å². The van der Waals surface area contributed by atoms with Crippen LogP contribution in [0.5, 0.6) is 0 Å². The maximum atomic E-state index is 9.29. The molecule has 5 nitrogen and oxygen atoms in total. The second-order valence-electron chi connectivity index (χ2n) is 4.05. The van der Waals surface area contributed by atoms with Crippen LogP contribution < -0.4 is 5.32 Å². The Bertz CT molecular complexity index is 782. The molecule has 0 radical (unpaired) electrons. The Kier molecular flexibility index (Phi) is 2.62. The van der Waals surface area contributed by atoms with E-state index in [0.717, 1.165) is 28.0 Å². The van der Waals surface area contributed by atoms with Gasteiger partial charge in [0, 0.05) is 36.6 Å². The van der Waals surface area contributed by atoms with Gasteiger partial charge in [0.15, 0.2) is 0 Å². The highest BCUT2D eigenvalue weighted by Crippen LogP contribution is 2.33. The van der Waals surface area contributed by atoms with E-state index in [1.807, 2.05) is 31.4 Å². The first-order valence-electron chi connectivity index (χ1n) is 5.84. The predicted octanol–water partition coefficient (Wildman–Crippen LogP) is 2.54. The van der Waals surface area contributed by atoms with Crippen LogP contribution in [-0.2, 0) is 0 Å². The van der Waals surface area contributed by atoms with E-state index in [9.17, 15) is 5.26 Å². The zero-order valence-electron chi connectivity index (χ0n) is 10.3. The molecular weight excluding hydrogens is 238 g/mol. The lowest BCUT2D eigenvalue weighted by molar-refractivity contribution is 1.28. The largest absolute Gasteiger partial charge is 0.386 e. The summed E-state index contributed by atoms with van der Waals surface area (Å²) in [4.78, 5) is 11.7. The summed E-state index contributed by atoms with van der Waals surface area (Å²) in [5.74, 6) is 0. The Balaban J connectivity index is 2.41. The molecule has 0 spiro atoms. The van der Waals surface area contributed by atoms with Crippen LogP contribution in [0, 0.1) is 11.3 Å². The summed E-state index contributed by atoms with van der Waals surface area (Å²) in [5, 5.41) is 13.3. The Hall–Kier alpha value is -2.87. The van der Waals surface area contributed by atoms with Crippen LogP contribution in [0.1, 0.15) is 5.56 Å². The number of nitrogens with one attached hydrogen (secondary N) is 2. The highest BCUT2D eigenvalue weighted by atomic mass is 14.9. The lowest BCUT2D eigenvalue weighted by Crippen LogP contribution is -1.97. The van der Waals surface area contributed by atoms with E-state index in [-0.39, 0.29) is 0 Å². The van der Waals surface area contributed by atoms with Gasteiger partial charge >= 0.3 is 0 Å². The molecule has 0 atom stereocenters. The van der Waals surface area contributed by atoms with E-state index in [0.29, 0.717) is 5.56 Å². The van der Waals surface area contributed by atoms with Crippen molar-refractivity contribution in [2.24, 2.45) is 0 Å². The quantitative estimate of drug-likeness (QED) is 0.731. The average Bonchev–Trinajstić information content (AvgIpc) is 2.94. The van der Waals surface area contributed by atoms with Crippen LogP contribution in [0.2, 0.25) is 0 Å². The molecule has 3 aromatic heterocycles. The first-order chi connectivity index (χ1) is 9.35. The number of fused-ring (bicyclic) bond motifs is 1. The highest BCUT2D eigenvalue weighted by molar-refractivity contribution is 5.97. The number of hydrogen-bond donors (Lipinski definition) is 2. The number of rotatable bonds is 2. The van der Waals surface area contributed by atoms with Crippen molar-refractivity contribution in [2.45, 2.75) is 0 Å². The van der Waals surface area contributed by atoms with Crippen LogP contribution in [0.25, 0.3) is 22.3 Å². The number of anilines is 1. The van der Waals surface area contributed by atoms with Crippen LogP contribution in [0.3, 0.4) is 0 Å². The van der Waals surface area contributed by atoms with Gasteiger partial charge in [0.05, 0.1) is 16.9 Å². The molecule has 0 fully saturated rings. The van der Waals surface area contributed by atoms with Crippen LogP contribution >= 0.6 is 0 Å². The highest BCUT2D eigenvalue weighted by Gasteiger charge is 2.15. The number of nitrogens with zero attached hydrogens (tertiary/aromatic N) is 3. The number of aromatic amines is 1. The molecule has 0 aliphatic heterocycles. The molecule has 3 aromatic rings. The maximum absolute atomic E-state index is 9.29. The van der Waals surface area contributed by atoms with Gasteiger partial charge < -0.3 is 10.3 Å². The Labute approximate surface area is 109 Å². The summed E-state index contributed by atoms with van der Waals surface area (Å²) in [6.07, 6.45) is 5.10. The average molecular weight is 249 g/mol. The van der Waals surface area contributed by atoms with Crippen molar-refractivity contribution in [1.29, 1.82) is 5.26 Å². The summed E-state index contributed by atoms with van der Waals surface area (Å²) in [6, 6.07) is 7.88. The molecule has 3 rings (SSSR count). The fraction of sp³-hybridized carbons (Fsp3) is 0.0714. The van der Waals surface area contributed by atoms with Gasteiger partial charge in [0.1, 0.15) is 11.7 Å². The first-order valence-corrected chi connectivity index (χ1v) is 5.84. The van der Waals surface area contributed by atoms with Crippen molar-refractivity contribution in [1.82, 2.24) is 15.0 Å². The van der Waals surface area contributed by atoms with Gasteiger partial charge in [-0.1, -0.05) is 0 Å². The fourth-order valence-electron chi connectivity index (χ4n) is 2.15. The lowest BCUT2D eigenvalue weighted by Gasteiger charge is -2.10. The molecule has 19 heavy (non-hydrogen) atoms. The normalized spacial score (nSPS) is 10.3. The molecule has 5 heteroatoms. The minimum atomic E-state index is 0.516. The van der Waals surface area contributed by atoms with Crippen molar-refractivity contribution >= 4 is 16.7 Å². The van der Waals surface area contributed by atoms with Crippen molar-refractivity contribution < 1.29 is 0 Å². The van der Waals surface area contributed by atoms with E-state index >= 15 is 0 Å². The zero-order chi connectivity index (χ0) is 13.2. The van der Waals surface area contributed by atoms with E-state index in [4.69, 9.17) is 0 Å². The van der Waals surface area contributed by atoms with Crippen molar-refractivity contribution in [2.75, 3.05) is 12.4 Å². The minimum Gasteiger partial charge on any atom is -0.386 e. The smallest absolute Gasteiger partial charge is 0.137 e. The maximum Gasteiger partial charge on any atom is 0.137 e. The Morgan fingerprint density at radius 1 is 1.32 bits per heavy atom.